The Morgan fingerprint density at radius 3 is 2.50 bits per heavy atom. The molecule has 3 aromatic heterocycles. The molecule has 5 rings (SSSR count). The van der Waals surface area contributed by atoms with Crippen LogP contribution in [0.1, 0.15) is 33.0 Å². The molecule has 0 amide bonds. The second-order valence-corrected chi connectivity index (χ2v) is 8.96. The summed E-state index contributed by atoms with van der Waals surface area (Å²) in [6.07, 6.45) is 1.59. The molecule has 9 heteroatoms. The van der Waals surface area contributed by atoms with Crippen molar-refractivity contribution in [3.63, 3.8) is 0 Å². The Hall–Kier alpha value is -4.09. The van der Waals surface area contributed by atoms with Crippen molar-refractivity contribution in [2.75, 3.05) is 0 Å². The number of halogens is 4. The minimum Gasteiger partial charge on any atom is -0.331 e. The van der Waals surface area contributed by atoms with Gasteiger partial charge in [-0.05, 0) is 55.3 Å². The number of carbonyl (C=O) groups excluding carboxylic acids is 1. The zero-order valence-corrected chi connectivity index (χ0v) is 20.2. The van der Waals surface area contributed by atoms with Crippen molar-refractivity contribution in [1.29, 1.82) is 5.26 Å². The normalized spacial score (nSPS) is 11.4. The highest BCUT2D eigenvalue weighted by Crippen LogP contribution is 2.40. The molecule has 0 spiro atoms. The maximum absolute atomic E-state index is 13.8. The molecule has 0 unspecified atom stereocenters. The molecule has 0 saturated heterocycles. The summed E-state index contributed by atoms with van der Waals surface area (Å²) >= 11 is 6.88. The Bertz CT molecular complexity index is 1760. The van der Waals surface area contributed by atoms with E-state index in [0.717, 1.165) is 16.9 Å². The van der Waals surface area contributed by atoms with E-state index >= 15 is 0 Å². The number of hydrogen-bond acceptors (Lipinski definition) is 3. The Kier molecular flexibility index (Phi) is 5.61. The van der Waals surface area contributed by atoms with E-state index in [1.165, 1.54) is 6.07 Å². The van der Waals surface area contributed by atoms with Gasteiger partial charge in [0, 0.05) is 29.9 Å². The Balaban J connectivity index is 1.79. The van der Waals surface area contributed by atoms with Crippen LogP contribution in [0.4, 0.5) is 13.2 Å². The van der Waals surface area contributed by atoms with Gasteiger partial charge in [0.15, 0.2) is 17.5 Å². The summed E-state index contributed by atoms with van der Waals surface area (Å²) < 4.78 is 44.7. The van der Waals surface area contributed by atoms with Crippen molar-refractivity contribution in [3.8, 4) is 17.2 Å². The van der Waals surface area contributed by atoms with Crippen molar-refractivity contribution in [2.45, 2.75) is 20.3 Å². The minimum absolute atomic E-state index is 0.0263. The zero-order chi connectivity index (χ0) is 25.9. The smallest absolute Gasteiger partial charge is 0.209 e. The average Bonchev–Trinajstić information content (AvgIpc) is 3.35. The fraction of sp³-hybridized carbons (Fsp3) is 0.148. The first kappa shape index (κ1) is 23.6. The highest BCUT2D eigenvalue weighted by Gasteiger charge is 2.24. The van der Waals surface area contributed by atoms with Gasteiger partial charge in [0.05, 0.1) is 34.2 Å². The molecule has 2 aromatic carbocycles. The topological polar surface area (TPSA) is 63.1 Å². The van der Waals surface area contributed by atoms with Crippen LogP contribution >= 0.6 is 11.6 Å². The lowest BCUT2D eigenvalue weighted by Gasteiger charge is -2.13. The molecule has 0 aliphatic heterocycles. The van der Waals surface area contributed by atoms with E-state index in [1.54, 1.807) is 16.7 Å². The molecule has 0 atom stereocenters. The van der Waals surface area contributed by atoms with Crippen LogP contribution < -0.4 is 0 Å². The lowest BCUT2D eigenvalue weighted by atomic mass is 9.97. The number of ketones is 1. The quantitative estimate of drug-likeness (QED) is 0.207. The lowest BCUT2D eigenvalue weighted by molar-refractivity contribution is 0.103. The third-order valence-electron chi connectivity index (χ3n) is 6.42. The Morgan fingerprint density at radius 2 is 1.83 bits per heavy atom. The van der Waals surface area contributed by atoms with E-state index in [9.17, 15) is 23.2 Å². The highest BCUT2D eigenvalue weighted by molar-refractivity contribution is 6.38. The summed E-state index contributed by atoms with van der Waals surface area (Å²) in [7, 11) is 1.90. The molecule has 0 N–H and O–H groups in total. The Morgan fingerprint density at radius 1 is 1.14 bits per heavy atom. The standard InChI is InChI=1S/C27H18ClF3N4O/c1-13-9-20-25(33-14(2)34(20)3)23(28)22(13)17-5-4-8-35-21(12-15(6-7-32)26(17)35)27(36)16-10-18(29)24(31)19(30)11-16/h4-5,8-12H,6H2,1-3H3. The number of fused-ring (bicyclic) bond motifs is 2. The minimum atomic E-state index is -1.65. The van der Waals surface area contributed by atoms with Crippen LogP contribution in [0.25, 0.3) is 27.7 Å². The second kappa shape index (κ2) is 8.54. The van der Waals surface area contributed by atoms with Crippen molar-refractivity contribution in [1.82, 2.24) is 14.0 Å². The van der Waals surface area contributed by atoms with E-state index in [2.05, 4.69) is 11.1 Å². The van der Waals surface area contributed by atoms with Gasteiger partial charge in [0.2, 0.25) is 5.78 Å². The molecule has 5 aromatic rings. The fourth-order valence-corrected chi connectivity index (χ4v) is 5.01. The van der Waals surface area contributed by atoms with E-state index in [4.69, 9.17) is 11.6 Å². The molecule has 36 heavy (non-hydrogen) atoms. The average molecular weight is 507 g/mol. The van der Waals surface area contributed by atoms with Crippen LogP contribution in [0, 0.1) is 42.6 Å². The molecule has 180 valence electrons. The van der Waals surface area contributed by atoms with E-state index in [-0.39, 0.29) is 17.7 Å². The van der Waals surface area contributed by atoms with Crippen LogP contribution in [0.5, 0.6) is 0 Å². The first-order valence-electron chi connectivity index (χ1n) is 11.0. The molecule has 0 aliphatic rings. The molecule has 0 aliphatic carbocycles. The molecule has 0 fully saturated rings. The van der Waals surface area contributed by atoms with Crippen molar-refractivity contribution in [2.24, 2.45) is 7.05 Å². The molecule has 0 bridgehead atoms. The number of rotatable bonds is 4. The van der Waals surface area contributed by atoms with Crippen LogP contribution in [-0.2, 0) is 13.5 Å². The molecule has 3 heterocycles. The molecular formula is C27H18ClF3N4O. The lowest BCUT2D eigenvalue weighted by Crippen LogP contribution is -2.07. The van der Waals surface area contributed by atoms with E-state index < -0.39 is 23.2 Å². The fourth-order valence-electron chi connectivity index (χ4n) is 4.62. The summed E-state index contributed by atoms with van der Waals surface area (Å²) in [5.41, 5.74) is 4.55. The van der Waals surface area contributed by atoms with Crippen molar-refractivity contribution < 1.29 is 18.0 Å². The first-order valence-corrected chi connectivity index (χ1v) is 11.3. The number of imidazole rings is 1. The van der Waals surface area contributed by atoms with Crippen LogP contribution in [0.15, 0.2) is 42.6 Å². The van der Waals surface area contributed by atoms with Gasteiger partial charge in [0.1, 0.15) is 11.3 Å². The van der Waals surface area contributed by atoms with Crippen molar-refractivity contribution >= 4 is 33.9 Å². The SMILES string of the molecule is Cc1cc2c(nc(C)n2C)c(Cl)c1-c1cccn2c(C(=O)c3cc(F)c(F)c(F)c3)cc(CC#N)c12. The van der Waals surface area contributed by atoms with Gasteiger partial charge in [-0.1, -0.05) is 17.7 Å². The monoisotopic (exact) mass is 506 g/mol. The highest BCUT2D eigenvalue weighted by atomic mass is 35.5. The second-order valence-electron chi connectivity index (χ2n) is 8.58. The number of nitrogens with zero attached hydrogens (tertiary/aromatic N) is 4. The van der Waals surface area contributed by atoms with Gasteiger partial charge in [-0.2, -0.15) is 5.26 Å². The maximum Gasteiger partial charge on any atom is 0.209 e. The summed E-state index contributed by atoms with van der Waals surface area (Å²) in [6.45, 7) is 3.79. The Labute approximate surface area is 209 Å². The van der Waals surface area contributed by atoms with Gasteiger partial charge in [-0.25, -0.2) is 18.2 Å². The number of aromatic nitrogens is 3. The number of benzene rings is 2. The van der Waals surface area contributed by atoms with E-state index in [0.29, 0.717) is 44.9 Å². The number of nitriles is 1. The van der Waals surface area contributed by atoms with Crippen LogP contribution in [-0.4, -0.2) is 19.7 Å². The largest absolute Gasteiger partial charge is 0.331 e. The van der Waals surface area contributed by atoms with Gasteiger partial charge < -0.3 is 8.97 Å². The van der Waals surface area contributed by atoms with Gasteiger partial charge in [-0.15, -0.1) is 0 Å². The number of aryl methyl sites for hydroxylation is 3. The van der Waals surface area contributed by atoms with Crippen LogP contribution in [0.2, 0.25) is 5.02 Å². The molecule has 5 nitrogen and oxygen atoms in total. The van der Waals surface area contributed by atoms with Gasteiger partial charge in [-0.3, -0.25) is 4.79 Å². The zero-order valence-electron chi connectivity index (χ0n) is 19.5. The first-order chi connectivity index (χ1) is 17.1. The summed E-state index contributed by atoms with van der Waals surface area (Å²) in [5, 5.41) is 9.90. The third kappa shape index (κ3) is 3.47. The van der Waals surface area contributed by atoms with E-state index in [1.807, 2.05) is 37.6 Å². The molecule has 0 radical (unpaired) electrons. The molecular weight excluding hydrogens is 489 g/mol. The number of pyridine rings is 1. The summed E-state index contributed by atoms with van der Waals surface area (Å²) in [5.74, 6) is -4.50. The van der Waals surface area contributed by atoms with Crippen LogP contribution in [0.3, 0.4) is 0 Å². The third-order valence-corrected chi connectivity index (χ3v) is 6.79. The number of carbonyl (C=O) groups is 1. The maximum atomic E-state index is 13.8. The van der Waals surface area contributed by atoms with Gasteiger partial charge in [0.25, 0.3) is 0 Å². The predicted octanol–water partition coefficient (Wildman–Crippen LogP) is 6.48. The summed E-state index contributed by atoms with van der Waals surface area (Å²) in [4.78, 5) is 17.9. The predicted molar refractivity (Wildman–Crippen MR) is 131 cm³/mol. The van der Waals surface area contributed by atoms with Gasteiger partial charge >= 0.3 is 0 Å². The molecule has 0 saturated carbocycles. The summed E-state index contributed by atoms with van der Waals surface area (Å²) in [6, 6.07) is 10.4. The van der Waals surface area contributed by atoms with Crippen molar-refractivity contribution in [3.05, 3.63) is 93.3 Å². The number of hydrogen-bond donors (Lipinski definition) is 0.